The zero-order valence-corrected chi connectivity index (χ0v) is 19.4. The molecule has 184 valence electrons. The molecule has 0 fully saturated rings. The molecule has 37 heavy (non-hydrogen) atoms. The van der Waals surface area contributed by atoms with E-state index in [2.05, 4.69) is 4.98 Å². The predicted octanol–water partition coefficient (Wildman–Crippen LogP) is 5.08. The number of hydrogen-bond acceptors (Lipinski definition) is 4. The van der Waals surface area contributed by atoms with Crippen molar-refractivity contribution in [3.63, 3.8) is 0 Å². The van der Waals surface area contributed by atoms with Crippen LogP contribution in [0.1, 0.15) is 48.9 Å². The van der Waals surface area contributed by atoms with Crippen molar-refractivity contribution in [2.24, 2.45) is 4.99 Å². The Labute approximate surface area is 209 Å². The lowest BCUT2D eigenvalue weighted by Gasteiger charge is -2.18. The van der Waals surface area contributed by atoms with Gasteiger partial charge in [-0.1, -0.05) is 48.5 Å². The van der Waals surface area contributed by atoms with Gasteiger partial charge in [-0.15, -0.1) is 0 Å². The Morgan fingerprint density at radius 3 is 2.19 bits per heavy atom. The van der Waals surface area contributed by atoms with Gasteiger partial charge in [0.15, 0.2) is 0 Å². The van der Waals surface area contributed by atoms with Crippen LogP contribution in [0, 0.1) is 0 Å². The van der Waals surface area contributed by atoms with Crippen molar-refractivity contribution < 1.29 is 22.8 Å². The standard InChI is InChI=1S/C28H19F3N4O2/c29-28(30,31)18-10-11-22-23(14-18)35-19(12-13-34-26(36)20-8-4-5-9-21(20)27(34)37)15-32-24(35)16-33-25(22)17-6-2-1-3-7-17/h1-11,14-15H,12-13,16H2. The van der Waals surface area contributed by atoms with Crippen LogP contribution in [0.3, 0.4) is 0 Å². The number of fused-ring (bicyclic) bond motifs is 4. The lowest BCUT2D eigenvalue weighted by molar-refractivity contribution is -0.137. The van der Waals surface area contributed by atoms with Crippen molar-refractivity contribution in [1.82, 2.24) is 14.5 Å². The molecule has 2 amide bonds. The second-order valence-electron chi connectivity index (χ2n) is 8.82. The van der Waals surface area contributed by atoms with Crippen molar-refractivity contribution in [1.29, 1.82) is 0 Å². The Bertz CT molecular complexity index is 1550. The smallest absolute Gasteiger partial charge is 0.298 e. The maximum Gasteiger partial charge on any atom is 0.416 e. The molecule has 6 nitrogen and oxygen atoms in total. The molecular formula is C28H19F3N4O2. The van der Waals surface area contributed by atoms with E-state index in [4.69, 9.17) is 4.99 Å². The van der Waals surface area contributed by atoms with Crippen LogP contribution in [-0.2, 0) is 19.1 Å². The fourth-order valence-corrected chi connectivity index (χ4v) is 4.85. The maximum absolute atomic E-state index is 13.7. The van der Waals surface area contributed by atoms with E-state index in [1.807, 2.05) is 30.3 Å². The summed E-state index contributed by atoms with van der Waals surface area (Å²) in [6, 6.07) is 19.5. The number of aromatic nitrogens is 2. The Hall–Kier alpha value is -4.53. The summed E-state index contributed by atoms with van der Waals surface area (Å²) >= 11 is 0. The number of imidazole rings is 1. The molecule has 0 unspecified atom stereocenters. The highest BCUT2D eigenvalue weighted by molar-refractivity contribution is 6.21. The Kier molecular flexibility index (Phi) is 5.29. The van der Waals surface area contributed by atoms with E-state index in [0.29, 0.717) is 39.6 Å². The van der Waals surface area contributed by atoms with Crippen molar-refractivity contribution in [3.05, 3.63) is 118 Å². The molecule has 2 aliphatic rings. The van der Waals surface area contributed by atoms with Crippen molar-refractivity contribution >= 4 is 17.5 Å². The molecule has 2 aliphatic heterocycles. The fraction of sp³-hybridized carbons (Fsp3) is 0.143. The van der Waals surface area contributed by atoms with Crippen molar-refractivity contribution in [2.75, 3.05) is 6.54 Å². The van der Waals surface area contributed by atoms with Crippen LogP contribution in [0.5, 0.6) is 0 Å². The van der Waals surface area contributed by atoms with Crippen LogP contribution >= 0.6 is 0 Å². The molecule has 0 atom stereocenters. The highest BCUT2D eigenvalue weighted by Crippen LogP contribution is 2.35. The zero-order valence-electron chi connectivity index (χ0n) is 19.4. The number of benzene rings is 3. The Morgan fingerprint density at radius 2 is 1.51 bits per heavy atom. The lowest BCUT2D eigenvalue weighted by Crippen LogP contribution is -2.32. The summed E-state index contributed by atoms with van der Waals surface area (Å²) in [6.45, 7) is 0.228. The number of hydrogen-bond donors (Lipinski definition) is 0. The molecular weight excluding hydrogens is 481 g/mol. The topological polar surface area (TPSA) is 67.6 Å². The van der Waals surface area contributed by atoms with Crippen LogP contribution < -0.4 is 0 Å². The Balaban J connectivity index is 1.40. The number of carbonyl (C=O) groups excluding carboxylic acids is 2. The predicted molar refractivity (Wildman–Crippen MR) is 130 cm³/mol. The minimum atomic E-state index is -4.54. The number of halogens is 3. The van der Waals surface area contributed by atoms with Crippen LogP contribution in [-0.4, -0.2) is 38.5 Å². The van der Waals surface area contributed by atoms with E-state index in [9.17, 15) is 22.8 Å². The van der Waals surface area contributed by atoms with Gasteiger partial charge in [-0.3, -0.25) is 24.0 Å². The summed E-state index contributed by atoms with van der Waals surface area (Å²) < 4.78 is 42.8. The van der Waals surface area contributed by atoms with Gasteiger partial charge in [-0.2, -0.15) is 13.2 Å². The third-order valence-electron chi connectivity index (χ3n) is 6.62. The third kappa shape index (κ3) is 3.83. The van der Waals surface area contributed by atoms with Gasteiger partial charge in [0.05, 0.1) is 34.6 Å². The molecule has 0 bridgehead atoms. The molecule has 0 spiro atoms. The third-order valence-corrected chi connectivity index (χ3v) is 6.62. The molecule has 3 heterocycles. The van der Waals surface area contributed by atoms with Crippen LogP contribution in [0.25, 0.3) is 5.69 Å². The van der Waals surface area contributed by atoms with E-state index < -0.39 is 11.7 Å². The van der Waals surface area contributed by atoms with Gasteiger partial charge in [-0.05, 0) is 24.3 Å². The van der Waals surface area contributed by atoms with Gasteiger partial charge in [0, 0.05) is 36.0 Å². The van der Waals surface area contributed by atoms with E-state index >= 15 is 0 Å². The first kappa shape index (κ1) is 22.9. The monoisotopic (exact) mass is 500 g/mol. The molecule has 0 aliphatic carbocycles. The first-order chi connectivity index (χ1) is 17.8. The van der Waals surface area contributed by atoms with Crippen molar-refractivity contribution in [2.45, 2.75) is 19.1 Å². The summed E-state index contributed by atoms with van der Waals surface area (Å²) in [5.41, 5.74) is 2.69. The first-order valence-electron chi connectivity index (χ1n) is 11.7. The van der Waals surface area contributed by atoms with Gasteiger partial charge in [-0.25, -0.2) is 4.98 Å². The summed E-state index contributed by atoms with van der Waals surface area (Å²) in [7, 11) is 0. The van der Waals surface area contributed by atoms with E-state index in [1.54, 1.807) is 35.0 Å². The number of nitrogens with zero attached hydrogens (tertiary/aromatic N) is 4. The molecule has 0 saturated carbocycles. The van der Waals surface area contributed by atoms with Crippen LogP contribution in [0.15, 0.2) is 84.0 Å². The fourth-order valence-electron chi connectivity index (χ4n) is 4.85. The minimum Gasteiger partial charge on any atom is -0.298 e. The normalized spacial score (nSPS) is 14.7. The average Bonchev–Trinajstić information content (AvgIpc) is 3.35. The molecule has 1 aromatic heterocycles. The molecule has 0 N–H and O–H groups in total. The SMILES string of the molecule is O=C1c2ccccc2C(=O)N1CCc1cnc2n1-c1cc(C(F)(F)F)ccc1C(c1ccccc1)=NC2. The van der Waals surface area contributed by atoms with Gasteiger partial charge in [0.25, 0.3) is 11.8 Å². The van der Waals surface area contributed by atoms with Gasteiger partial charge in [0.2, 0.25) is 0 Å². The van der Waals surface area contributed by atoms with E-state index in [-0.39, 0.29) is 31.3 Å². The van der Waals surface area contributed by atoms with Crippen LogP contribution in [0.2, 0.25) is 0 Å². The summed E-state index contributed by atoms with van der Waals surface area (Å²) in [4.78, 5) is 35.9. The van der Waals surface area contributed by atoms with Crippen LogP contribution in [0.4, 0.5) is 13.2 Å². The lowest BCUT2D eigenvalue weighted by atomic mass is 9.98. The molecule has 6 rings (SSSR count). The number of alkyl halides is 3. The number of rotatable bonds is 4. The summed E-state index contributed by atoms with van der Waals surface area (Å²) in [5.74, 6) is -0.291. The molecule has 0 saturated heterocycles. The second-order valence-corrected chi connectivity index (χ2v) is 8.82. The molecule has 3 aromatic carbocycles. The van der Waals surface area contributed by atoms with Gasteiger partial charge in [0.1, 0.15) is 5.82 Å². The minimum absolute atomic E-state index is 0.0676. The number of carbonyl (C=O) groups is 2. The van der Waals surface area contributed by atoms with E-state index in [1.165, 1.54) is 11.0 Å². The van der Waals surface area contributed by atoms with E-state index in [0.717, 1.165) is 17.7 Å². The highest BCUT2D eigenvalue weighted by atomic mass is 19.4. The van der Waals surface area contributed by atoms with Crippen molar-refractivity contribution in [3.8, 4) is 5.69 Å². The van der Waals surface area contributed by atoms with Gasteiger partial charge >= 0.3 is 6.18 Å². The number of imide groups is 1. The largest absolute Gasteiger partial charge is 0.416 e. The average molecular weight is 500 g/mol. The number of aliphatic imine (C=N–C) groups is 1. The quantitative estimate of drug-likeness (QED) is 0.367. The molecule has 0 radical (unpaired) electrons. The molecule has 4 aromatic rings. The second kappa shape index (κ2) is 8.55. The summed E-state index contributed by atoms with van der Waals surface area (Å²) in [5, 5.41) is 0. The zero-order chi connectivity index (χ0) is 25.7. The highest BCUT2D eigenvalue weighted by Gasteiger charge is 2.36. The summed E-state index contributed by atoms with van der Waals surface area (Å²) in [6.07, 6.45) is -2.75. The Morgan fingerprint density at radius 1 is 0.838 bits per heavy atom. The first-order valence-corrected chi connectivity index (χ1v) is 11.7. The molecule has 9 heteroatoms. The number of amides is 2. The van der Waals surface area contributed by atoms with Gasteiger partial charge < -0.3 is 0 Å². The maximum atomic E-state index is 13.7.